The van der Waals surface area contributed by atoms with Gasteiger partial charge >= 0.3 is 7.12 Å². The maximum absolute atomic E-state index is 13.3. The van der Waals surface area contributed by atoms with Gasteiger partial charge in [-0.05, 0) is 35.1 Å². The van der Waals surface area contributed by atoms with Crippen LogP contribution in [-0.2, 0) is 34.8 Å². The van der Waals surface area contributed by atoms with E-state index in [0.717, 1.165) is 47.9 Å². The van der Waals surface area contributed by atoms with Gasteiger partial charge in [-0.15, -0.1) is 0 Å². The van der Waals surface area contributed by atoms with Crippen molar-refractivity contribution in [2.75, 3.05) is 28.3 Å². The van der Waals surface area contributed by atoms with E-state index in [0.29, 0.717) is 0 Å². The quantitative estimate of drug-likeness (QED) is 0.0687. The molecule has 0 aliphatic carbocycles. The summed E-state index contributed by atoms with van der Waals surface area (Å²) in [4.78, 5) is 15.0. The molecule has 0 bridgehead atoms. The first kappa shape index (κ1) is 36.3. The molecule has 1 aliphatic rings. The van der Waals surface area contributed by atoms with Crippen molar-refractivity contribution in [1.82, 2.24) is 4.90 Å². The summed E-state index contributed by atoms with van der Waals surface area (Å²) in [5, 5.41) is 0. The molecule has 1 fully saturated rings. The number of rotatable bonds is 16. The standard InChI is InChI=1S/C42H50BNO5/c1-6-7-8-9-22-31-37(32-38(45)44(2)3)43-48-39(41(46-4,33-23-14-10-15-24-33)34-25-16-11-17-26-34)40(49-43)42(47-5,35-27-18-12-19-28-35)36-29-20-13-21-30-36/h10-31,37,39-40H,6-9,32H2,1-5H3/b31-22+/t37-,39+,40+/m0/s1. The van der Waals surface area contributed by atoms with Crippen LogP contribution in [0.2, 0.25) is 5.82 Å². The van der Waals surface area contributed by atoms with Crippen LogP contribution in [0.1, 0.15) is 61.3 Å². The van der Waals surface area contributed by atoms with E-state index in [2.05, 4.69) is 67.6 Å². The van der Waals surface area contributed by atoms with E-state index in [1.807, 2.05) is 72.8 Å². The van der Waals surface area contributed by atoms with E-state index in [9.17, 15) is 4.79 Å². The minimum absolute atomic E-state index is 0.00338. The van der Waals surface area contributed by atoms with Crippen molar-refractivity contribution in [3.63, 3.8) is 0 Å². The van der Waals surface area contributed by atoms with Gasteiger partial charge < -0.3 is 23.7 Å². The highest BCUT2D eigenvalue weighted by molar-refractivity contribution is 6.48. The van der Waals surface area contributed by atoms with Gasteiger partial charge in [0.15, 0.2) is 0 Å². The highest BCUT2D eigenvalue weighted by atomic mass is 16.7. The zero-order valence-corrected chi connectivity index (χ0v) is 29.5. The van der Waals surface area contributed by atoms with Crippen molar-refractivity contribution in [2.24, 2.45) is 0 Å². The first-order valence-corrected chi connectivity index (χ1v) is 17.4. The van der Waals surface area contributed by atoms with E-state index in [-0.39, 0.29) is 18.1 Å². The Morgan fingerprint density at radius 1 is 0.714 bits per heavy atom. The van der Waals surface area contributed by atoms with Crippen molar-refractivity contribution in [2.45, 2.75) is 68.3 Å². The normalized spacial score (nSPS) is 17.4. The molecule has 1 amide bonds. The summed E-state index contributed by atoms with van der Waals surface area (Å²) < 4.78 is 28.0. The Hall–Kier alpha value is -4.01. The second kappa shape index (κ2) is 17.1. The van der Waals surface area contributed by atoms with Gasteiger partial charge in [-0.25, -0.2) is 0 Å². The number of ether oxygens (including phenoxy) is 2. The van der Waals surface area contributed by atoms with Gasteiger partial charge in [0.05, 0.1) is 0 Å². The summed E-state index contributed by atoms with van der Waals surface area (Å²) in [5.74, 6) is -0.352. The average Bonchev–Trinajstić information content (AvgIpc) is 3.60. The second-order valence-electron chi connectivity index (χ2n) is 12.9. The van der Waals surface area contributed by atoms with Gasteiger partial charge in [-0.1, -0.05) is 153 Å². The van der Waals surface area contributed by atoms with Gasteiger partial charge in [0.2, 0.25) is 5.91 Å². The molecule has 0 radical (unpaired) electrons. The summed E-state index contributed by atoms with van der Waals surface area (Å²) in [6.45, 7) is 2.20. The number of carbonyl (C=O) groups is 1. The Balaban J connectivity index is 1.75. The van der Waals surface area contributed by atoms with Crippen LogP contribution < -0.4 is 0 Å². The maximum atomic E-state index is 13.3. The SMILES string of the molecule is CCCCC/C=C/[C@@H](CC(=O)N(C)C)B1O[C@@H](C(OC)(c2ccccc2)c2ccccc2)[C@H](C(OC)(c2ccccc2)c2ccccc2)O1. The predicted molar refractivity (Wildman–Crippen MR) is 197 cm³/mol. The molecule has 0 N–H and O–H groups in total. The molecular formula is C42H50BNO5. The van der Waals surface area contributed by atoms with Gasteiger partial charge in [0.25, 0.3) is 0 Å². The van der Waals surface area contributed by atoms with Crippen LogP contribution in [0.5, 0.6) is 0 Å². The fourth-order valence-electron chi connectivity index (χ4n) is 7.14. The van der Waals surface area contributed by atoms with E-state index in [1.165, 1.54) is 0 Å². The van der Waals surface area contributed by atoms with Crippen molar-refractivity contribution in [1.29, 1.82) is 0 Å². The molecule has 3 atom stereocenters. The lowest BCUT2D eigenvalue weighted by molar-refractivity contribution is -0.136. The van der Waals surface area contributed by atoms with E-state index in [1.54, 1.807) is 33.2 Å². The molecule has 6 nitrogen and oxygen atoms in total. The highest BCUT2D eigenvalue weighted by Crippen LogP contribution is 2.51. The monoisotopic (exact) mass is 659 g/mol. The third-order valence-corrected chi connectivity index (χ3v) is 9.71. The van der Waals surface area contributed by atoms with E-state index >= 15 is 0 Å². The number of nitrogens with zero attached hydrogens (tertiary/aromatic N) is 1. The number of unbranched alkanes of at least 4 members (excludes halogenated alkanes) is 3. The van der Waals surface area contributed by atoms with E-state index in [4.69, 9.17) is 18.8 Å². The summed E-state index contributed by atoms with van der Waals surface area (Å²) in [6, 6.07) is 40.7. The molecule has 0 saturated carbocycles. The highest BCUT2D eigenvalue weighted by Gasteiger charge is 2.62. The molecule has 4 aromatic carbocycles. The predicted octanol–water partition coefficient (Wildman–Crippen LogP) is 8.42. The van der Waals surface area contributed by atoms with Gasteiger partial charge in [-0.2, -0.15) is 0 Å². The van der Waals surface area contributed by atoms with Crippen molar-refractivity contribution >= 4 is 13.0 Å². The first-order valence-electron chi connectivity index (χ1n) is 17.4. The van der Waals surface area contributed by atoms with Crippen molar-refractivity contribution in [3.05, 3.63) is 156 Å². The molecule has 0 spiro atoms. The summed E-state index contributed by atoms with van der Waals surface area (Å²) in [6.07, 6.45) is 7.38. The number of allylic oxidation sites excluding steroid dienone is 2. The van der Waals surface area contributed by atoms with Crippen molar-refractivity contribution in [3.8, 4) is 0 Å². The lowest BCUT2D eigenvalue weighted by Gasteiger charge is -2.47. The summed E-state index contributed by atoms with van der Waals surface area (Å²) in [7, 11) is 6.26. The average molecular weight is 660 g/mol. The number of benzene rings is 4. The summed E-state index contributed by atoms with van der Waals surface area (Å²) >= 11 is 0. The third-order valence-electron chi connectivity index (χ3n) is 9.71. The molecule has 1 aliphatic heterocycles. The Bertz CT molecular complexity index is 1420. The van der Waals surface area contributed by atoms with Crippen LogP contribution in [0, 0.1) is 0 Å². The van der Waals surface area contributed by atoms with Gasteiger partial charge in [-0.3, -0.25) is 4.79 Å². The number of carbonyl (C=O) groups excluding carboxylic acids is 1. The van der Waals surface area contributed by atoms with Crippen LogP contribution in [-0.4, -0.2) is 58.4 Å². The number of methoxy groups -OCH3 is 2. The van der Waals surface area contributed by atoms with Crippen LogP contribution in [0.15, 0.2) is 133 Å². The zero-order valence-electron chi connectivity index (χ0n) is 29.5. The molecule has 7 heteroatoms. The molecule has 4 aromatic rings. The molecular weight excluding hydrogens is 609 g/mol. The van der Waals surface area contributed by atoms with E-state index < -0.39 is 30.5 Å². The summed E-state index contributed by atoms with van der Waals surface area (Å²) in [5.41, 5.74) is 1.46. The fraction of sp³-hybridized carbons (Fsp3) is 0.357. The third kappa shape index (κ3) is 7.61. The Morgan fingerprint density at radius 3 is 1.43 bits per heavy atom. The molecule has 1 saturated heterocycles. The minimum atomic E-state index is -1.11. The number of amides is 1. The molecule has 1 heterocycles. The zero-order chi connectivity index (χ0) is 34.7. The Kier molecular flexibility index (Phi) is 12.6. The molecule has 5 rings (SSSR count). The lowest BCUT2D eigenvalue weighted by Crippen LogP contribution is -2.56. The maximum Gasteiger partial charge on any atom is 0.465 e. The second-order valence-corrected chi connectivity index (χ2v) is 12.9. The molecule has 0 unspecified atom stereocenters. The fourth-order valence-corrected chi connectivity index (χ4v) is 7.14. The molecule has 49 heavy (non-hydrogen) atoms. The van der Waals surface area contributed by atoms with Crippen LogP contribution >= 0.6 is 0 Å². The van der Waals surface area contributed by atoms with Gasteiger partial charge in [0, 0.05) is 40.6 Å². The van der Waals surface area contributed by atoms with Crippen LogP contribution in [0.4, 0.5) is 0 Å². The molecule has 0 aromatic heterocycles. The minimum Gasteiger partial charge on any atom is -0.401 e. The Morgan fingerprint density at radius 2 is 1.10 bits per heavy atom. The Labute approximate surface area is 293 Å². The van der Waals surface area contributed by atoms with Crippen LogP contribution in [0.25, 0.3) is 0 Å². The van der Waals surface area contributed by atoms with Gasteiger partial charge in [0.1, 0.15) is 23.4 Å². The largest absolute Gasteiger partial charge is 0.465 e. The molecule has 256 valence electrons. The van der Waals surface area contributed by atoms with Crippen molar-refractivity contribution < 1.29 is 23.6 Å². The van der Waals surface area contributed by atoms with Crippen LogP contribution in [0.3, 0.4) is 0 Å². The number of hydrogen-bond acceptors (Lipinski definition) is 5. The topological polar surface area (TPSA) is 57.2 Å². The lowest BCUT2D eigenvalue weighted by atomic mass is 9.69. The number of hydrogen-bond donors (Lipinski definition) is 0. The first-order chi connectivity index (χ1) is 23.9. The smallest absolute Gasteiger partial charge is 0.401 e.